The number of piperazine rings is 1. The summed E-state index contributed by atoms with van der Waals surface area (Å²) in [6.07, 6.45) is 3.61. The number of nitrogens with zero attached hydrogens (tertiary/aromatic N) is 4. The van der Waals surface area contributed by atoms with Crippen LogP contribution in [0.3, 0.4) is 0 Å². The van der Waals surface area contributed by atoms with Crippen LogP contribution in [0.15, 0.2) is 6.07 Å². The number of hydrogen-bond acceptors (Lipinski definition) is 5. The number of hydrogen-bond donors (Lipinski definition) is 1. The zero-order valence-corrected chi connectivity index (χ0v) is 13.5. The summed E-state index contributed by atoms with van der Waals surface area (Å²) in [7, 11) is 2.20. The summed E-state index contributed by atoms with van der Waals surface area (Å²) in [6.45, 7) is 8.63. The Hall–Kier alpha value is -1.36. The Labute approximate surface area is 127 Å². The lowest BCUT2D eigenvalue weighted by Crippen LogP contribution is -2.50. The van der Waals surface area contributed by atoms with Crippen molar-refractivity contribution in [2.75, 3.05) is 43.4 Å². The third-order valence-corrected chi connectivity index (χ3v) is 4.51. The molecule has 1 aromatic rings. The van der Waals surface area contributed by atoms with Gasteiger partial charge in [-0.3, -0.25) is 0 Å². The Kier molecular flexibility index (Phi) is 4.29. The number of nitrogens with one attached hydrogen (secondary N) is 1. The molecule has 0 amide bonds. The molecular weight excluding hydrogens is 262 g/mol. The Balaban J connectivity index is 1.81. The average Bonchev–Trinajstić information content (AvgIpc) is 3.32. The van der Waals surface area contributed by atoms with E-state index in [9.17, 15) is 0 Å². The van der Waals surface area contributed by atoms with Crippen molar-refractivity contribution in [2.45, 2.75) is 45.1 Å². The van der Waals surface area contributed by atoms with Crippen LogP contribution in [0.25, 0.3) is 0 Å². The molecule has 1 unspecified atom stereocenters. The number of anilines is 2. The highest BCUT2D eigenvalue weighted by Gasteiger charge is 2.29. The van der Waals surface area contributed by atoms with E-state index in [0.717, 1.165) is 50.1 Å². The van der Waals surface area contributed by atoms with Crippen molar-refractivity contribution in [3.63, 3.8) is 0 Å². The third kappa shape index (κ3) is 3.46. The molecule has 2 fully saturated rings. The second-order valence-electron chi connectivity index (χ2n) is 6.45. The summed E-state index contributed by atoms with van der Waals surface area (Å²) in [5.41, 5.74) is 0. The molecule has 1 saturated carbocycles. The van der Waals surface area contributed by atoms with E-state index in [2.05, 4.69) is 42.1 Å². The first-order chi connectivity index (χ1) is 10.2. The molecule has 0 radical (unpaired) electrons. The highest BCUT2D eigenvalue weighted by Crippen LogP contribution is 2.39. The van der Waals surface area contributed by atoms with Gasteiger partial charge in [0.25, 0.3) is 0 Å². The molecule has 2 aliphatic rings. The number of rotatable bonds is 5. The minimum atomic E-state index is 0.574. The van der Waals surface area contributed by atoms with Crippen molar-refractivity contribution in [1.29, 1.82) is 0 Å². The third-order valence-electron chi connectivity index (χ3n) is 4.51. The van der Waals surface area contributed by atoms with Gasteiger partial charge in [0.05, 0.1) is 0 Å². The molecule has 1 aromatic heterocycles. The van der Waals surface area contributed by atoms with Crippen LogP contribution in [0, 0.1) is 0 Å². The van der Waals surface area contributed by atoms with Crippen LogP contribution >= 0.6 is 0 Å². The molecule has 1 aliphatic carbocycles. The quantitative estimate of drug-likeness (QED) is 0.901. The second-order valence-corrected chi connectivity index (χ2v) is 6.45. The SMILES string of the molecule is CCCNc1cc(N2CCN(C)C(C)C2)nc(C2CC2)n1. The molecule has 0 spiro atoms. The van der Waals surface area contributed by atoms with Gasteiger partial charge in [0.2, 0.25) is 0 Å². The highest BCUT2D eigenvalue weighted by atomic mass is 15.3. The van der Waals surface area contributed by atoms with Gasteiger partial charge in [-0.15, -0.1) is 0 Å². The molecule has 1 aliphatic heterocycles. The zero-order chi connectivity index (χ0) is 14.8. The Bertz CT molecular complexity index is 486. The molecule has 1 saturated heterocycles. The van der Waals surface area contributed by atoms with E-state index in [1.165, 1.54) is 12.8 Å². The smallest absolute Gasteiger partial charge is 0.136 e. The fourth-order valence-electron chi connectivity index (χ4n) is 2.74. The molecule has 0 bridgehead atoms. The second kappa shape index (κ2) is 6.18. The van der Waals surface area contributed by atoms with Crippen LogP contribution in [0.1, 0.15) is 44.9 Å². The van der Waals surface area contributed by atoms with Crippen LogP contribution in [-0.2, 0) is 0 Å². The summed E-state index contributed by atoms with van der Waals surface area (Å²) >= 11 is 0. The molecule has 1 N–H and O–H groups in total. The summed E-state index contributed by atoms with van der Waals surface area (Å²) < 4.78 is 0. The molecule has 1 atom stereocenters. The fraction of sp³-hybridized carbons (Fsp3) is 0.750. The Morgan fingerprint density at radius 3 is 2.76 bits per heavy atom. The first kappa shape index (κ1) is 14.6. The molecule has 3 rings (SSSR count). The van der Waals surface area contributed by atoms with E-state index >= 15 is 0 Å². The molecular formula is C16H27N5. The first-order valence-electron chi connectivity index (χ1n) is 8.25. The largest absolute Gasteiger partial charge is 0.370 e. The van der Waals surface area contributed by atoms with E-state index in [-0.39, 0.29) is 0 Å². The molecule has 0 aromatic carbocycles. The predicted octanol–water partition coefficient (Wildman–Crippen LogP) is 2.32. The highest BCUT2D eigenvalue weighted by molar-refractivity contribution is 5.50. The van der Waals surface area contributed by atoms with Gasteiger partial charge in [-0.25, -0.2) is 9.97 Å². The standard InChI is InChI=1S/C16H27N5/c1-4-7-17-14-10-15(19-16(18-14)13-5-6-13)21-9-8-20(3)12(2)11-21/h10,12-13H,4-9,11H2,1-3H3,(H,17,18,19). The number of aromatic nitrogens is 2. The summed E-state index contributed by atoms with van der Waals surface area (Å²) in [5.74, 6) is 3.73. The van der Waals surface area contributed by atoms with Gasteiger partial charge in [-0.1, -0.05) is 6.92 Å². The topological polar surface area (TPSA) is 44.3 Å². The molecule has 5 heteroatoms. The van der Waals surface area contributed by atoms with Crippen LogP contribution in [0.2, 0.25) is 0 Å². The van der Waals surface area contributed by atoms with Crippen molar-refractivity contribution >= 4 is 11.6 Å². The fourth-order valence-corrected chi connectivity index (χ4v) is 2.74. The first-order valence-corrected chi connectivity index (χ1v) is 8.25. The lowest BCUT2D eigenvalue weighted by atomic mass is 10.2. The van der Waals surface area contributed by atoms with Crippen LogP contribution in [0.4, 0.5) is 11.6 Å². The van der Waals surface area contributed by atoms with Crippen molar-refractivity contribution in [1.82, 2.24) is 14.9 Å². The Morgan fingerprint density at radius 1 is 1.29 bits per heavy atom. The molecule has 116 valence electrons. The van der Waals surface area contributed by atoms with E-state index in [1.54, 1.807) is 0 Å². The molecule has 21 heavy (non-hydrogen) atoms. The van der Waals surface area contributed by atoms with Gasteiger partial charge in [0.15, 0.2) is 0 Å². The van der Waals surface area contributed by atoms with Gasteiger partial charge in [0.1, 0.15) is 17.5 Å². The molecule has 5 nitrogen and oxygen atoms in total. The lowest BCUT2D eigenvalue weighted by Gasteiger charge is -2.38. The predicted molar refractivity (Wildman–Crippen MR) is 87.1 cm³/mol. The van der Waals surface area contributed by atoms with Crippen LogP contribution < -0.4 is 10.2 Å². The maximum Gasteiger partial charge on any atom is 0.136 e. The van der Waals surface area contributed by atoms with Crippen molar-refractivity contribution in [2.24, 2.45) is 0 Å². The van der Waals surface area contributed by atoms with Gasteiger partial charge >= 0.3 is 0 Å². The van der Waals surface area contributed by atoms with Gasteiger partial charge in [-0.2, -0.15) is 0 Å². The van der Waals surface area contributed by atoms with Crippen LogP contribution in [0.5, 0.6) is 0 Å². The maximum atomic E-state index is 4.84. The van der Waals surface area contributed by atoms with E-state index < -0.39 is 0 Å². The zero-order valence-electron chi connectivity index (χ0n) is 13.5. The van der Waals surface area contributed by atoms with E-state index in [1.807, 2.05) is 0 Å². The summed E-state index contributed by atoms with van der Waals surface area (Å²) in [6, 6.07) is 2.70. The monoisotopic (exact) mass is 289 g/mol. The normalized spacial score (nSPS) is 23.4. The van der Waals surface area contributed by atoms with Gasteiger partial charge in [-0.05, 0) is 33.2 Å². The minimum Gasteiger partial charge on any atom is -0.370 e. The van der Waals surface area contributed by atoms with E-state index in [0.29, 0.717) is 12.0 Å². The van der Waals surface area contributed by atoms with Crippen molar-refractivity contribution in [3.8, 4) is 0 Å². The Morgan fingerprint density at radius 2 is 2.10 bits per heavy atom. The van der Waals surface area contributed by atoms with Crippen LogP contribution in [-0.4, -0.2) is 54.1 Å². The summed E-state index contributed by atoms with van der Waals surface area (Å²) in [4.78, 5) is 14.4. The average molecular weight is 289 g/mol. The van der Waals surface area contributed by atoms with Crippen molar-refractivity contribution < 1.29 is 0 Å². The van der Waals surface area contributed by atoms with Crippen molar-refractivity contribution in [3.05, 3.63) is 11.9 Å². The van der Waals surface area contributed by atoms with E-state index in [4.69, 9.17) is 9.97 Å². The van der Waals surface area contributed by atoms with Gasteiger partial charge < -0.3 is 15.1 Å². The lowest BCUT2D eigenvalue weighted by molar-refractivity contribution is 0.233. The maximum absolute atomic E-state index is 4.84. The molecule has 2 heterocycles. The number of likely N-dealkylation sites (N-methyl/N-ethyl adjacent to an activating group) is 1. The summed E-state index contributed by atoms with van der Waals surface area (Å²) in [5, 5.41) is 3.43. The van der Waals surface area contributed by atoms with Gasteiger partial charge in [0, 0.05) is 44.2 Å². The minimum absolute atomic E-state index is 0.574.